The first-order chi connectivity index (χ1) is 27.3. The number of benzene rings is 9. The van der Waals surface area contributed by atoms with Gasteiger partial charge in [-0.25, -0.2) is 0 Å². The SMILES string of the molecule is c1ccc(C2(c3cccc(-c4ccc(N(c5ccc6c(c5)oc5ccccc56)c5cccc6ccccc56)cc4)c3)c3ccccc3-c3ccccc32)cc1. The predicted octanol–water partition coefficient (Wildman–Crippen LogP) is 14.2. The highest BCUT2D eigenvalue weighted by Gasteiger charge is 2.45. The molecule has 1 heterocycles. The van der Waals surface area contributed by atoms with Gasteiger partial charge in [-0.05, 0) is 92.4 Å². The maximum absolute atomic E-state index is 6.39. The van der Waals surface area contributed by atoms with Gasteiger partial charge in [0, 0.05) is 33.6 Å². The van der Waals surface area contributed by atoms with E-state index in [9.17, 15) is 0 Å². The van der Waals surface area contributed by atoms with Crippen molar-refractivity contribution in [1.82, 2.24) is 0 Å². The fourth-order valence-corrected chi connectivity index (χ4v) is 9.13. The van der Waals surface area contributed by atoms with Gasteiger partial charge in [-0.3, -0.25) is 0 Å². The van der Waals surface area contributed by atoms with E-state index in [0.29, 0.717) is 0 Å². The molecule has 0 N–H and O–H groups in total. The third-order valence-corrected chi connectivity index (χ3v) is 11.5. The molecule has 0 saturated heterocycles. The Bertz CT molecular complexity index is 3000. The molecule has 0 bridgehead atoms. The molecule has 10 aromatic rings. The number of hydrogen-bond acceptors (Lipinski definition) is 2. The molecular formula is C53H35NO. The van der Waals surface area contributed by atoms with E-state index in [1.54, 1.807) is 0 Å². The zero-order chi connectivity index (χ0) is 36.3. The highest BCUT2D eigenvalue weighted by molar-refractivity contribution is 6.07. The summed E-state index contributed by atoms with van der Waals surface area (Å²) in [5.41, 5.74) is 14.7. The molecule has 1 aliphatic rings. The lowest BCUT2D eigenvalue weighted by atomic mass is 9.67. The third kappa shape index (κ3) is 4.82. The van der Waals surface area contributed by atoms with Crippen molar-refractivity contribution in [3.05, 3.63) is 235 Å². The Morgan fingerprint density at radius 2 is 0.964 bits per heavy atom. The van der Waals surface area contributed by atoms with Crippen LogP contribution in [0.4, 0.5) is 17.1 Å². The summed E-state index contributed by atoms with van der Waals surface area (Å²) in [6.07, 6.45) is 0. The molecule has 55 heavy (non-hydrogen) atoms. The summed E-state index contributed by atoms with van der Waals surface area (Å²) in [5.74, 6) is 0. The third-order valence-electron chi connectivity index (χ3n) is 11.5. The molecule has 0 unspecified atom stereocenters. The molecule has 0 aliphatic heterocycles. The molecule has 1 aliphatic carbocycles. The summed E-state index contributed by atoms with van der Waals surface area (Å²) >= 11 is 0. The average Bonchev–Trinajstić information content (AvgIpc) is 3.78. The first kappa shape index (κ1) is 31.4. The lowest BCUT2D eigenvalue weighted by Gasteiger charge is -2.34. The van der Waals surface area contributed by atoms with Gasteiger partial charge in [-0.2, -0.15) is 0 Å². The molecule has 0 atom stereocenters. The Balaban J connectivity index is 1.06. The molecule has 0 radical (unpaired) electrons. The predicted molar refractivity (Wildman–Crippen MR) is 229 cm³/mol. The standard InChI is InChI=1S/C53H35NO/c1-2-17-39(18-3-1)53(48-24-9-6-21-44(48)45-22-7-10-25-49(45)53)40-19-12-16-38(34-40)36-28-30-41(31-29-36)54(50-26-13-15-37-14-4-5-20-43(37)50)42-32-33-47-46-23-8-11-27-51(46)55-52(47)35-42/h1-35H. The van der Waals surface area contributed by atoms with Gasteiger partial charge in [0.15, 0.2) is 0 Å². The number of para-hydroxylation sites is 1. The van der Waals surface area contributed by atoms with Crippen LogP contribution >= 0.6 is 0 Å². The van der Waals surface area contributed by atoms with Crippen LogP contribution in [-0.4, -0.2) is 0 Å². The van der Waals surface area contributed by atoms with Crippen molar-refractivity contribution in [2.75, 3.05) is 4.90 Å². The Hall–Kier alpha value is -7.16. The molecule has 258 valence electrons. The number of rotatable bonds is 6. The van der Waals surface area contributed by atoms with Crippen LogP contribution < -0.4 is 4.90 Å². The maximum Gasteiger partial charge on any atom is 0.137 e. The van der Waals surface area contributed by atoms with E-state index < -0.39 is 5.41 Å². The van der Waals surface area contributed by atoms with Gasteiger partial charge < -0.3 is 9.32 Å². The second-order valence-electron chi connectivity index (χ2n) is 14.4. The van der Waals surface area contributed by atoms with Crippen molar-refractivity contribution in [2.45, 2.75) is 5.41 Å². The first-order valence-corrected chi connectivity index (χ1v) is 18.9. The summed E-state index contributed by atoms with van der Waals surface area (Å²) in [4.78, 5) is 2.35. The Labute approximate surface area is 320 Å². The highest BCUT2D eigenvalue weighted by Crippen LogP contribution is 2.56. The molecule has 0 spiro atoms. The van der Waals surface area contributed by atoms with Crippen LogP contribution in [0.2, 0.25) is 0 Å². The van der Waals surface area contributed by atoms with Crippen molar-refractivity contribution in [3.8, 4) is 22.3 Å². The Morgan fingerprint density at radius 1 is 0.364 bits per heavy atom. The van der Waals surface area contributed by atoms with E-state index in [1.807, 2.05) is 12.1 Å². The molecule has 0 fully saturated rings. The van der Waals surface area contributed by atoms with E-state index in [4.69, 9.17) is 4.42 Å². The number of nitrogens with zero attached hydrogens (tertiary/aromatic N) is 1. The molecule has 0 amide bonds. The van der Waals surface area contributed by atoms with Crippen LogP contribution in [0.25, 0.3) is 55.0 Å². The summed E-state index contributed by atoms with van der Waals surface area (Å²) in [6, 6.07) is 77.0. The first-order valence-electron chi connectivity index (χ1n) is 18.9. The van der Waals surface area contributed by atoms with Crippen LogP contribution in [0.1, 0.15) is 22.3 Å². The fraction of sp³-hybridized carbons (Fsp3) is 0.0189. The van der Waals surface area contributed by atoms with Gasteiger partial charge >= 0.3 is 0 Å². The van der Waals surface area contributed by atoms with Crippen LogP contribution in [-0.2, 0) is 5.41 Å². The van der Waals surface area contributed by atoms with Crippen molar-refractivity contribution in [3.63, 3.8) is 0 Å². The summed E-state index contributed by atoms with van der Waals surface area (Å²) in [6.45, 7) is 0. The molecule has 11 rings (SSSR count). The largest absolute Gasteiger partial charge is 0.456 e. The lowest BCUT2D eigenvalue weighted by Crippen LogP contribution is -2.28. The second kappa shape index (κ2) is 12.5. The number of fused-ring (bicyclic) bond motifs is 7. The van der Waals surface area contributed by atoms with Crippen molar-refractivity contribution in [1.29, 1.82) is 0 Å². The summed E-state index contributed by atoms with van der Waals surface area (Å²) in [7, 11) is 0. The monoisotopic (exact) mass is 701 g/mol. The minimum atomic E-state index is -0.440. The molecule has 1 aromatic heterocycles. The van der Waals surface area contributed by atoms with Gasteiger partial charge in [0.2, 0.25) is 0 Å². The number of furan rings is 1. The highest BCUT2D eigenvalue weighted by atomic mass is 16.3. The normalized spacial score (nSPS) is 12.9. The van der Waals surface area contributed by atoms with Gasteiger partial charge in [0.05, 0.1) is 11.1 Å². The minimum Gasteiger partial charge on any atom is -0.456 e. The lowest BCUT2D eigenvalue weighted by molar-refractivity contribution is 0.669. The zero-order valence-corrected chi connectivity index (χ0v) is 30.1. The minimum absolute atomic E-state index is 0.440. The van der Waals surface area contributed by atoms with Crippen LogP contribution in [0.5, 0.6) is 0 Å². The molecular weight excluding hydrogens is 667 g/mol. The topological polar surface area (TPSA) is 16.4 Å². The molecule has 2 nitrogen and oxygen atoms in total. The smallest absolute Gasteiger partial charge is 0.137 e. The quantitative estimate of drug-likeness (QED) is 0.172. The van der Waals surface area contributed by atoms with Gasteiger partial charge in [-0.1, -0.05) is 164 Å². The zero-order valence-electron chi connectivity index (χ0n) is 30.1. The van der Waals surface area contributed by atoms with Crippen LogP contribution in [0.3, 0.4) is 0 Å². The van der Waals surface area contributed by atoms with Crippen LogP contribution in [0, 0.1) is 0 Å². The van der Waals surface area contributed by atoms with E-state index in [2.05, 4.69) is 205 Å². The van der Waals surface area contributed by atoms with Crippen molar-refractivity contribution >= 4 is 49.8 Å². The summed E-state index contributed by atoms with van der Waals surface area (Å²) in [5, 5.41) is 4.64. The van der Waals surface area contributed by atoms with Gasteiger partial charge in [0.25, 0.3) is 0 Å². The fourth-order valence-electron chi connectivity index (χ4n) is 9.13. The van der Waals surface area contributed by atoms with Crippen molar-refractivity contribution in [2.24, 2.45) is 0 Å². The second-order valence-corrected chi connectivity index (χ2v) is 14.4. The number of hydrogen-bond donors (Lipinski definition) is 0. The number of anilines is 3. The van der Waals surface area contributed by atoms with Crippen molar-refractivity contribution < 1.29 is 4.42 Å². The van der Waals surface area contributed by atoms with Gasteiger partial charge in [0.1, 0.15) is 11.2 Å². The Kier molecular flexibility index (Phi) is 7.11. The van der Waals surface area contributed by atoms with Gasteiger partial charge in [-0.15, -0.1) is 0 Å². The molecule has 2 heteroatoms. The van der Waals surface area contributed by atoms with E-state index in [-0.39, 0.29) is 0 Å². The average molecular weight is 702 g/mol. The van der Waals surface area contributed by atoms with E-state index in [0.717, 1.165) is 39.0 Å². The summed E-state index contributed by atoms with van der Waals surface area (Å²) < 4.78 is 6.39. The molecule has 0 saturated carbocycles. The van der Waals surface area contributed by atoms with E-state index in [1.165, 1.54) is 55.3 Å². The Morgan fingerprint density at radius 3 is 1.76 bits per heavy atom. The maximum atomic E-state index is 6.39. The molecule has 9 aromatic carbocycles. The van der Waals surface area contributed by atoms with Crippen LogP contribution in [0.15, 0.2) is 217 Å². The van der Waals surface area contributed by atoms with E-state index >= 15 is 0 Å².